The van der Waals surface area contributed by atoms with E-state index in [4.69, 9.17) is 5.73 Å². The summed E-state index contributed by atoms with van der Waals surface area (Å²) in [7, 11) is 1.30. The van der Waals surface area contributed by atoms with Gasteiger partial charge in [0.2, 0.25) is 0 Å². The van der Waals surface area contributed by atoms with Crippen LogP contribution in [0, 0.1) is 5.82 Å². The van der Waals surface area contributed by atoms with Crippen LogP contribution in [0.2, 0.25) is 0 Å². The minimum atomic E-state index is -0.472. The van der Waals surface area contributed by atoms with Gasteiger partial charge in [0, 0.05) is 5.69 Å². The molecule has 0 saturated carbocycles. The van der Waals surface area contributed by atoms with E-state index in [0.717, 1.165) is 0 Å². The molecule has 0 radical (unpaired) electrons. The number of carbonyl (C=O) groups is 1. The first-order chi connectivity index (χ1) is 8.60. The quantitative estimate of drug-likeness (QED) is 0.653. The molecule has 0 saturated heterocycles. The molecule has 2 rings (SSSR count). The Morgan fingerprint density at radius 3 is 2.61 bits per heavy atom. The van der Waals surface area contributed by atoms with Crippen LogP contribution in [-0.2, 0) is 4.74 Å². The molecule has 0 aromatic heterocycles. The number of esters is 1. The highest BCUT2D eigenvalue weighted by Gasteiger charge is 2.09. The number of anilines is 1. The van der Waals surface area contributed by atoms with Gasteiger partial charge >= 0.3 is 5.97 Å². The lowest BCUT2D eigenvalue weighted by molar-refractivity contribution is 0.0601. The fraction of sp³-hybridized carbons (Fsp3) is 0.0714. The summed E-state index contributed by atoms with van der Waals surface area (Å²) in [6, 6.07) is 10.9. The Morgan fingerprint density at radius 2 is 1.94 bits per heavy atom. The lowest BCUT2D eigenvalue weighted by Gasteiger charge is -2.06. The fourth-order valence-corrected chi connectivity index (χ4v) is 1.72. The number of methoxy groups -OCH3 is 1. The average Bonchev–Trinajstić information content (AvgIpc) is 2.37. The van der Waals surface area contributed by atoms with E-state index in [2.05, 4.69) is 4.74 Å². The van der Waals surface area contributed by atoms with Gasteiger partial charge in [0.25, 0.3) is 0 Å². The van der Waals surface area contributed by atoms with Crippen molar-refractivity contribution in [1.29, 1.82) is 0 Å². The van der Waals surface area contributed by atoms with Crippen molar-refractivity contribution in [3.8, 4) is 11.1 Å². The van der Waals surface area contributed by atoms with E-state index in [1.165, 1.54) is 25.3 Å². The van der Waals surface area contributed by atoms with Gasteiger partial charge in [-0.3, -0.25) is 0 Å². The predicted molar refractivity (Wildman–Crippen MR) is 67.6 cm³/mol. The first-order valence-corrected chi connectivity index (χ1v) is 5.35. The van der Waals surface area contributed by atoms with Crippen molar-refractivity contribution in [2.75, 3.05) is 12.8 Å². The molecule has 0 spiro atoms. The molecular weight excluding hydrogens is 233 g/mol. The van der Waals surface area contributed by atoms with Gasteiger partial charge < -0.3 is 10.5 Å². The van der Waals surface area contributed by atoms with Crippen LogP contribution in [0.25, 0.3) is 11.1 Å². The van der Waals surface area contributed by atoms with Gasteiger partial charge in [0.05, 0.1) is 12.7 Å². The molecule has 0 amide bonds. The fourth-order valence-electron chi connectivity index (χ4n) is 1.72. The second-order valence-corrected chi connectivity index (χ2v) is 3.85. The number of ether oxygens (including phenoxy) is 1. The van der Waals surface area contributed by atoms with Crippen molar-refractivity contribution in [2.45, 2.75) is 0 Å². The van der Waals surface area contributed by atoms with Crippen molar-refractivity contribution >= 4 is 11.7 Å². The van der Waals surface area contributed by atoms with E-state index in [-0.39, 0.29) is 5.82 Å². The molecule has 0 heterocycles. The van der Waals surface area contributed by atoms with Gasteiger partial charge in [-0.2, -0.15) is 0 Å². The van der Waals surface area contributed by atoms with Gasteiger partial charge in [0.1, 0.15) is 5.82 Å². The molecule has 0 unspecified atom stereocenters. The molecule has 92 valence electrons. The summed E-state index contributed by atoms with van der Waals surface area (Å²) in [4.78, 5) is 11.5. The van der Waals surface area contributed by atoms with Crippen molar-refractivity contribution in [1.82, 2.24) is 0 Å². The molecule has 0 aliphatic rings. The smallest absolute Gasteiger partial charge is 0.337 e. The van der Waals surface area contributed by atoms with Gasteiger partial charge in [-0.15, -0.1) is 0 Å². The van der Waals surface area contributed by atoms with Crippen LogP contribution >= 0.6 is 0 Å². The second kappa shape index (κ2) is 4.87. The van der Waals surface area contributed by atoms with Gasteiger partial charge in [-0.05, 0) is 41.5 Å². The van der Waals surface area contributed by atoms with Crippen LogP contribution in [-0.4, -0.2) is 13.1 Å². The third-order valence-electron chi connectivity index (χ3n) is 2.53. The maximum Gasteiger partial charge on any atom is 0.337 e. The highest BCUT2D eigenvalue weighted by molar-refractivity contribution is 5.92. The summed E-state index contributed by atoms with van der Waals surface area (Å²) in [6.45, 7) is 0. The van der Waals surface area contributed by atoms with Crippen LogP contribution in [0.15, 0.2) is 42.5 Å². The number of hydrogen-bond acceptors (Lipinski definition) is 3. The number of hydrogen-bond donors (Lipinski definition) is 1. The molecule has 18 heavy (non-hydrogen) atoms. The second-order valence-electron chi connectivity index (χ2n) is 3.85. The first kappa shape index (κ1) is 12.1. The lowest BCUT2D eigenvalue weighted by Crippen LogP contribution is -2.02. The van der Waals surface area contributed by atoms with E-state index < -0.39 is 5.97 Å². The van der Waals surface area contributed by atoms with Crippen LogP contribution in [0.5, 0.6) is 0 Å². The van der Waals surface area contributed by atoms with Crippen molar-refractivity contribution in [2.24, 2.45) is 0 Å². The number of nitrogens with two attached hydrogens (primary N) is 1. The molecule has 2 aromatic rings. The summed E-state index contributed by atoms with van der Waals surface area (Å²) in [6.07, 6.45) is 0. The van der Waals surface area contributed by atoms with E-state index in [0.29, 0.717) is 22.4 Å². The third-order valence-corrected chi connectivity index (χ3v) is 2.53. The minimum absolute atomic E-state index is 0.338. The summed E-state index contributed by atoms with van der Waals surface area (Å²) in [5.74, 6) is -0.811. The van der Waals surface area contributed by atoms with E-state index in [1.54, 1.807) is 24.3 Å². The molecule has 0 fully saturated rings. The Balaban J connectivity index is 2.51. The molecular formula is C14H12FNO2. The molecule has 0 bridgehead atoms. The third kappa shape index (κ3) is 2.48. The van der Waals surface area contributed by atoms with Crippen molar-refractivity contribution in [3.05, 3.63) is 53.8 Å². The Bertz CT molecular complexity index is 596. The summed E-state index contributed by atoms with van der Waals surface area (Å²) in [5, 5.41) is 0. The first-order valence-electron chi connectivity index (χ1n) is 5.35. The summed E-state index contributed by atoms with van der Waals surface area (Å²) >= 11 is 0. The standard InChI is InChI=1S/C14H12FNO2/c1-18-14(17)11-5-10(7-13(16)8-11)9-3-2-4-12(15)6-9/h2-8H,16H2,1H3. The highest BCUT2D eigenvalue weighted by Crippen LogP contribution is 2.24. The van der Waals surface area contributed by atoms with E-state index in [9.17, 15) is 9.18 Å². The SMILES string of the molecule is COC(=O)c1cc(N)cc(-c2cccc(F)c2)c1. The van der Waals surface area contributed by atoms with Crippen LogP contribution in [0.3, 0.4) is 0 Å². The Hall–Kier alpha value is -2.36. The normalized spacial score (nSPS) is 10.1. The topological polar surface area (TPSA) is 52.3 Å². The summed E-state index contributed by atoms with van der Waals surface area (Å²) in [5.41, 5.74) is 7.83. The Morgan fingerprint density at radius 1 is 1.17 bits per heavy atom. The number of benzene rings is 2. The molecule has 3 nitrogen and oxygen atoms in total. The minimum Gasteiger partial charge on any atom is -0.465 e. The molecule has 0 aliphatic heterocycles. The zero-order valence-corrected chi connectivity index (χ0v) is 9.81. The number of nitrogen functional groups attached to an aromatic ring is 1. The monoisotopic (exact) mass is 245 g/mol. The zero-order valence-electron chi connectivity index (χ0n) is 9.81. The maximum absolute atomic E-state index is 13.2. The predicted octanol–water partition coefficient (Wildman–Crippen LogP) is 2.86. The number of carbonyl (C=O) groups excluding carboxylic acids is 1. The highest BCUT2D eigenvalue weighted by atomic mass is 19.1. The van der Waals surface area contributed by atoms with Crippen molar-refractivity contribution in [3.63, 3.8) is 0 Å². The molecule has 0 aliphatic carbocycles. The van der Waals surface area contributed by atoms with Gasteiger partial charge in [-0.25, -0.2) is 9.18 Å². The maximum atomic E-state index is 13.2. The lowest BCUT2D eigenvalue weighted by atomic mass is 10.0. The number of halogens is 1. The Kier molecular flexibility index (Phi) is 3.28. The van der Waals surface area contributed by atoms with Crippen LogP contribution in [0.1, 0.15) is 10.4 Å². The molecule has 0 atom stereocenters. The average molecular weight is 245 g/mol. The van der Waals surface area contributed by atoms with Gasteiger partial charge in [0.15, 0.2) is 0 Å². The zero-order chi connectivity index (χ0) is 13.1. The summed E-state index contributed by atoms with van der Waals surface area (Å²) < 4.78 is 17.8. The molecule has 2 N–H and O–H groups in total. The number of rotatable bonds is 2. The Labute approximate surface area is 104 Å². The van der Waals surface area contributed by atoms with Gasteiger partial charge in [-0.1, -0.05) is 12.1 Å². The molecule has 2 aromatic carbocycles. The van der Waals surface area contributed by atoms with Crippen molar-refractivity contribution < 1.29 is 13.9 Å². The molecule has 4 heteroatoms. The largest absolute Gasteiger partial charge is 0.465 e. The van der Waals surface area contributed by atoms with E-state index >= 15 is 0 Å². The van der Waals surface area contributed by atoms with E-state index in [1.807, 2.05) is 0 Å². The van der Waals surface area contributed by atoms with Crippen LogP contribution in [0.4, 0.5) is 10.1 Å². The van der Waals surface area contributed by atoms with Crippen LogP contribution < -0.4 is 5.73 Å².